The van der Waals surface area contributed by atoms with Gasteiger partial charge in [-0.15, -0.1) is 0 Å². The molecule has 7 nitrogen and oxygen atoms in total. The average molecular weight is 415 g/mol. The monoisotopic (exact) mass is 415 g/mol. The smallest absolute Gasteiger partial charge is 0.242 e. The molecular weight excluding hydrogens is 389 g/mol. The summed E-state index contributed by atoms with van der Waals surface area (Å²) in [7, 11) is 1.46. The van der Waals surface area contributed by atoms with E-state index in [0.717, 1.165) is 4.90 Å². The van der Waals surface area contributed by atoms with Crippen LogP contribution in [0.2, 0.25) is 0 Å². The number of likely N-dealkylation sites (N-methyl/N-ethyl adjacent to an activating group) is 1. The number of benzene rings is 1. The van der Waals surface area contributed by atoms with Crippen LogP contribution in [0.15, 0.2) is 36.4 Å². The lowest BCUT2D eigenvalue weighted by atomic mass is 9.85. The van der Waals surface area contributed by atoms with Gasteiger partial charge in [-0.05, 0) is 25.8 Å². The summed E-state index contributed by atoms with van der Waals surface area (Å²) in [4.78, 5) is 52.7. The fourth-order valence-electron chi connectivity index (χ4n) is 4.04. The van der Waals surface area contributed by atoms with Gasteiger partial charge >= 0.3 is 0 Å². The van der Waals surface area contributed by atoms with E-state index < -0.39 is 17.8 Å². The van der Waals surface area contributed by atoms with Crippen molar-refractivity contribution in [1.82, 2.24) is 15.1 Å². The lowest BCUT2D eigenvalue weighted by molar-refractivity contribution is -0.143. The Kier molecular flexibility index (Phi) is 6.64. The molecule has 2 aliphatic rings. The van der Waals surface area contributed by atoms with Crippen molar-refractivity contribution in [1.29, 1.82) is 0 Å². The highest BCUT2D eigenvalue weighted by atomic mass is 19.1. The number of likely N-dealkylation sites (tertiary alicyclic amines) is 1. The maximum atomic E-state index is 14.1. The van der Waals surface area contributed by atoms with Crippen molar-refractivity contribution < 1.29 is 23.6 Å². The van der Waals surface area contributed by atoms with E-state index >= 15 is 0 Å². The molecule has 1 saturated heterocycles. The van der Waals surface area contributed by atoms with Crippen molar-refractivity contribution in [2.75, 3.05) is 13.6 Å². The Hall–Kier alpha value is -3.03. The third-order valence-electron chi connectivity index (χ3n) is 5.86. The molecule has 1 aromatic carbocycles. The summed E-state index contributed by atoms with van der Waals surface area (Å²) >= 11 is 0. The van der Waals surface area contributed by atoms with Gasteiger partial charge < -0.3 is 10.2 Å². The van der Waals surface area contributed by atoms with Crippen LogP contribution >= 0.6 is 0 Å². The SMILES string of the molecule is CNC(=O)C(C)N(Cc1ccccc1F)C(=O)CCN1C(=O)[C@H]2CC=CC[C@H]2C1=O. The second-order valence-electron chi connectivity index (χ2n) is 7.64. The highest BCUT2D eigenvalue weighted by Crippen LogP contribution is 2.35. The van der Waals surface area contributed by atoms with Crippen molar-refractivity contribution in [2.24, 2.45) is 11.8 Å². The van der Waals surface area contributed by atoms with E-state index in [1.807, 2.05) is 12.2 Å². The van der Waals surface area contributed by atoms with E-state index in [1.54, 1.807) is 25.1 Å². The summed E-state index contributed by atoms with van der Waals surface area (Å²) in [6, 6.07) is 5.21. The molecule has 1 aliphatic heterocycles. The number of carbonyl (C=O) groups is 4. The van der Waals surface area contributed by atoms with Crippen molar-refractivity contribution in [3.63, 3.8) is 0 Å². The summed E-state index contributed by atoms with van der Waals surface area (Å²) in [5, 5.41) is 2.49. The third kappa shape index (κ3) is 4.27. The number of fused-ring (bicyclic) bond motifs is 1. The molecule has 0 saturated carbocycles. The van der Waals surface area contributed by atoms with Crippen molar-refractivity contribution in [2.45, 2.75) is 38.8 Å². The zero-order valence-corrected chi connectivity index (χ0v) is 17.1. The standard InChI is InChI=1S/C22H26FN3O4/c1-14(20(28)24-2)26(13-15-7-3-6-10-18(15)23)19(27)11-12-25-21(29)16-8-4-5-9-17(16)22(25)30/h3-7,10,14,16-17H,8-9,11-13H2,1-2H3,(H,24,28)/t14?,16-,17+. The first kappa shape index (κ1) is 21.7. The van der Waals surface area contributed by atoms with E-state index in [0.29, 0.717) is 12.8 Å². The number of nitrogens with one attached hydrogen (secondary N) is 1. The van der Waals surface area contributed by atoms with Crippen LogP contribution in [0.25, 0.3) is 0 Å². The molecule has 3 rings (SSSR count). The van der Waals surface area contributed by atoms with Crippen LogP contribution in [0.1, 0.15) is 31.7 Å². The highest BCUT2D eigenvalue weighted by molar-refractivity contribution is 6.05. The Bertz CT molecular complexity index is 859. The van der Waals surface area contributed by atoms with Crippen LogP contribution in [-0.2, 0) is 25.7 Å². The summed E-state index contributed by atoms with van der Waals surface area (Å²) in [5.41, 5.74) is 0.284. The van der Waals surface area contributed by atoms with Gasteiger partial charge in [0.1, 0.15) is 11.9 Å². The molecule has 8 heteroatoms. The van der Waals surface area contributed by atoms with Gasteiger partial charge in [0.05, 0.1) is 11.8 Å². The molecular formula is C22H26FN3O4. The van der Waals surface area contributed by atoms with Gasteiger partial charge in [0.25, 0.3) is 0 Å². The van der Waals surface area contributed by atoms with Gasteiger partial charge in [-0.1, -0.05) is 30.4 Å². The number of hydrogen-bond donors (Lipinski definition) is 1. The molecule has 160 valence electrons. The topological polar surface area (TPSA) is 86.8 Å². The zero-order valence-electron chi connectivity index (χ0n) is 17.1. The van der Waals surface area contributed by atoms with Gasteiger partial charge in [0, 0.05) is 32.1 Å². The molecule has 4 amide bonds. The fourth-order valence-corrected chi connectivity index (χ4v) is 4.04. The zero-order chi connectivity index (χ0) is 21.8. The molecule has 1 aromatic rings. The molecule has 3 atom stereocenters. The van der Waals surface area contributed by atoms with Crippen LogP contribution in [0.5, 0.6) is 0 Å². The summed E-state index contributed by atoms with van der Waals surface area (Å²) in [5.74, 6) is -2.48. The number of allylic oxidation sites excluding steroid dienone is 2. The predicted octanol–water partition coefficient (Wildman–Crippen LogP) is 1.63. The first-order valence-corrected chi connectivity index (χ1v) is 10.1. The molecule has 0 aromatic heterocycles. The number of rotatable bonds is 7. The molecule has 1 fully saturated rings. The quantitative estimate of drug-likeness (QED) is 0.542. The number of halogens is 1. The highest BCUT2D eigenvalue weighted by Gasteiger charge is 2.47. The van der Waals surface area contributed by atoms with Gasteiger partial charge in [0.15, 0.2) is 0 Å². The maximum absolute atomic E-state index is 14.1. The molecule has 30 heavy (non-hydrogen) atoms. The van der Waals surface area contributed by atoms with Crippen molar-refractivity contribution in [3.8, 4) is 0 Å². The molecule has 1 N–H and O–H groups in total. The number of nitrogens with zero attached hydrogens (tertiary/aromatic N) is 2. The molecule has 1 heterocycles. The lowest BCUT2D eigenvalue weighted by Crippen LogP contribution is -2.47. The van der Waals surface area contributed by atoms with Crippen molar-refractivity contribution in [3.05, 3.63) is 47.8 Å². The predicted molar refractivity (Wildman–Crippen MR) is 107 cm³/mol. The van der Waals surface area contributed by atoms with Gasteiger partial charge in [-0.2, -0.15) is 0 Å². The number of hydrogen-bond acceptors (Lipinski definition) is 4. The van der Waals surface area contributed by atoms with E-state index in [-0.39, 0.29) is 54.6 Å². The minimum atomic E-state index is -0.834. The minimum absolute atomic E-state index is 0.0439. The van der Waals surface area contributed by atoms with Gasteiger partial charge in [0.2, 0.25) is 23.6 Å². The van der Waals surface area contributed by atoms with Crippen LogP contribution in [0, 0.1) is 17.7 Å². The summed E-state index contributed by atoms with van der Waals surface area (Å²) < 4.78 is 14.1. The first-order valence-electron chi connectivity index (χ1n) is 10.1. The summed E-state index contributed by atoms with van der Waals surface area (Å²) in [6.45, 7) is 1.43. The minimum Gasteiger partial charge on any atom is -0.357 e. The Labute approximate surface area is 174 Å². The lowest BCUT2D eigenvalue weighted by Gasteiger charge is -2.29. The average Bonchev–Trinajstić information content (AvgIpc) is 3.00. The molecule has 0 radical (unpaired) electrons. The molecule has 0 spiro atoms. The number of carbonyl (C=O) groups excluding carboxylic acids is 4. The number of imide groups is 1. The van der Waals surface area contributed by atoms with Crippen LogP contribution < -0.4 is 5.32 Å². The fraction of sp³-hybridized carbons (Fsp3) is 0.455. The van der Waals surface area contributed by atoms with Crippen molar-refractivity contribution >= 4 is 23.6 Å². The Morgan fingerprint density at radius 2 is 1.77 bits per heavy atom. The van der Waals surface area contributed by atoms with Gasteiger partial charge in [-0.3, -0.25) is 24.1 Å². The largest absolute Gasteiger partial charge is 0.357 e. The third-order valence-corrected chi connectivity index (χ3v) is 5.86. The van der Waals surface area contributed by atoms with E-state index in [9.17, 15) is 23.6 Å². The van der Waals surface area contributed by atoms with Crippen LogP contribution in [-0.4, -0.2) is 53.1 Å². The van der Waals surface area contributed by atoms with Gasteiger partial charge in [-0.25, -0.2) is 4.39 Å². The second kappa shape index (κ2) is 9.19. The van der Waals surface area contributed by atoms with Crippen LogP contribution in [0.3, 0.4) is 0 Å². The van der Waals surface area contributed by atoms with Crippen LogP contribution in [0.4, 0.5) is 4.39 Å². The van der Waals surface area contributed by atoms with E-state index in [4.69, 9.17) is 0 Å². The molecule has 0 bridgehead atoms. The maximum Gasteiger partial charge on any atom is 0.242 e. The number of amides is 4. The summed E-state index contributed by atoms with van der Waals surface area (Å²) in [6.07, 6.45) is 4.75. The molecule has 1 unspecified atom stereocenters. The molecule has 1 aliphatic carbocycles. The normalized spacial score (nSPS) is 21.4. The Morgan fingerprint density at radius 1 is 1.17 bits per heavy atom. The Balaban J connectivity index is 1.71. The van der Waals surface area contributed by atoms with E-state index in [2.05, 4.69) is 5.32 Å². The van der Waals surface area contributed by atoms with E-state index in [1.165, 1.54) is 18.0 Å². The first-order chi connectivity index (χ1) is 14.3. The Morgan fingerprint density at radius 3 is 2.33 bits per heavy atom. The second-order valence-corrected chi connectivity index (χ2v) is 7.64.